The first kappa shape index (κ1) is 16.4. The number of oxazole rings is 2. The number of hydrogen-bond acceptors (Lipinski definition) is 7. The summed E-state index contributed by atoms with van der Waals surface area (Å²) >= 11 is 0. The van der Waals surface area contributed by atoms with Crippen molar-refractivity contribution in [1.29, 1.82) is 5.26 Å². The lowest BCUT2D eigenvalue weighted by atomic mass is 10.1. The monoisotopic (exact) mass is 358 g/mol. The van der Waals surface area contributed by atoms with Crippen LogP contribution in [0.15, 0.2) is 76.2 Å². The molecule has 0 bridgehead atoms. The number of nitrogens with zero attached hydrogens (tertiary/aromatic N) is 3. The van der Waals surface area contributed by atoms with Gasteiger partial charge in [-0.05, 0) is 12.1 Å². The van der Waals surface area contributed by atoms with Crippen molar-refractivity contribution in [3.8, 4) is 34.5 Å². The molecule has 1 N–H and O–H groups in total. The SMILES string of the molecule is N#CCOc1cc(Nc2ncc(-c3ccccc3)o2)ccc1-c1cnco1. The van der Waals surface area contributed by atoms with Crippen molar-refractivity contribution in [1.82, 2.24) is 9.97 Å². The molecule has 0 atom stereocenters. The number of benzene rings is 2. The Morgan fingerprint density at radius 1 is 1.07 bits per heavy atom. The third-order valence-corrected chi connectivity index (χ3v) is 3.79. The summed E-state index contributed by atoms with van der Waals surface area (Å²) in [6.07, 6.45) is 4.59. The van der Waals surface area contributed by atoms with E-state index in [9.17, 15) is 0 Å². The van der Waals surface area contributed by atoms with Crippen LogP contribution in [0.1, 0.15) is 0 Å². The number of aromatic nitrogens is 2. The third kappa shape index (κ3) is 3.65. The largest absolute Gasteiger partial charge is 0.478 e. The Kier molecular flexibility index (Phi) is 4.53. The molecule has 4 rings (SSSR count). The fraction of sp³-hybridized carbons (Fsp3) is 0.0500. The summed E-state index contributed by atoms with van der Waals surface area (Å²) in [6.45, 7) is -0.0816. The van der Waals surface area contributed by atoms with Gasteiger partial charge in [0.05, 0.1) is 18.0 Å². The first-order chi connectivity index (χ1) is 13.3. The van der Waals surface area contributed by atoms with Gasteiger partial charge in [0.15, 0.2) is 24.5 Å². The van der Waals surface area contributed by atoms with Crippen molar-refractivity contribution in [2.75, 3.05) is 11.9 Å². The Balaban J connectivity index is 1.59. The minimum absolute atomic E-state index is 0.0816. The molecule has 27 heavy (non-hydrogen) atoms. The predicted molar refractivity (Wildman–Crippen MR) is 98.3 cm³/mol. The average Bonchev–Trinajstić information content (AvgIpc) is 3.39. The smallest absolute Gasteiger partial charge is 0.299 e. The zero-order valence-electron chi connectivity index (χ0n) is 14.1. The van der Waals surface area contributed by atoms with E-state index in [1.807, 2.05) is 48.5 Å². The van der Waals surface area contributed by atoms with Gasteiger partial charge in [-0.3, -0.25) is 0 Å². The summed E-state index contributed by atoms with van der Waals surface area (Å²) in [5, 5.41) is 11.9. The van der Waals surface area contributed by atoms with Gasteiger partial charge in [-0.2, -0.15) is 5.26 Å². The van der Waals surface area contributed by atoms with Crippen LogP contribution in [0.3, 0.4) is 0 Å². The van der Waals surface area contributed by atoms with Crippen molar-refractivity contribution in [2.24, 2.45) is 0 Å². The van der Waals surface area contributed by atoms with Gasteiger partial charge in [0.1, 0.15) is 11.8 Å². The number of nitrogens with one attached hydrogen (secondary N) is 1. The number of hydrogen-bond donors (Lipinski definition) is 1. The molecule has 4 aromatic rings. The molecule has 0 radical (unpaired) electrons. The number of ether oxygens (including phenoxy) is 1. The van der Waals surface area contributed by atoms with Crippen LogP contribution in [-0.4, -0.2) is 16.6 Å². The van der Waals surface area contributed by atoms with Crippen LogP contribution in [0.2, 0.25) is 0 Å². The number of anilines is 2. The highest BCUT2D eigenvalue weighted by Gasteiger charge is 2.12. The zero-order chi connectivity index (χ0) is 18.5. The number of rotatable bonds is 6. The second-order valence-corrected chi connectivity index (χ2v) is 5.54. The van der Waals surface area contributed by atoms with Crippen LogP contribution in [0.5, 0.6) is 5.75 Å². The Bertz CT molecular complexity index is 1070. The maximum Gasteiger partial charge on any atom is 0.299 e. The van der Waals surface area contributed by atoms with Crippen molar-refractivity contribution in [2.45, 2.75) is 0 Å². The molecule has 7 heteroatoms. The van der Waals surface area contributed by atoms with Gasteiger partial charge in [-0.1, -0.05) is 30.3 Å². The average molecular weight is 358 g/mol. The van der Waals surface area contributed by atoms with Gasteiger partial charge in [-0.25, -0.2) is 9.97 Å². The molecule has 0 saturated heterocycles. The van der Waals surface area contributed by atoms with Crippen molar-refractivity contribution < 1.29 is 13.6 Å². The lowest BCUT2D eigenvalue weighted by Crippen LogP contribution is -1.97. The first-order valence-corrected chi connectivity index (χ1v) is 8.14. The Hall–Kier alpha value is -4.05. The number of nitriles is 1. The first-order valence-electron chi connectivity index (χ1n) is 8.14. The van der Waals surface area contributed by atoms with E-state index in [1.165, 1.54) is 6.39 Å². The predicted octanol–water partition coefficient (Wildman–Crippen LogP) is 4.64. The van der Waals surface area contributed by atoms with E-state index in [0.717, 1.165) is 5.56 Å². The van der Waals surface area contributed by atoms with Crippen molar-refractivity contribution in [3.63, 3.8) is 0 Å². The molecular weight excluding hydrogens is 344 g/mol. The van der Waals surface area contributed by atoms with E-state index in [0.29, 0.717) is 34.5 Å². The van der Waals surface area contributed by atoms with Crippen molar-refractivity contribution in [3.05, 3.63) is 67.3 Å². The molecular formula is C20H14N4O3. The molecule has 0 aliphatic heterocycles. The maximum absolute atomic E-state index is 8.81. The van der Waals surface area contributed by atoms with Gasteiger partial charge in [0.25, 0.3) is 6.01 Å². The van der Waals surface area contributed by atoms with E-state index >= 15 is 0 Å². The molecule has 0 amide bonds. The molecule has 0 spiro atoms. The minimum atomic E-state index is -0.0816. The maximum atomic E-state index is 8.81. The fourth-order valence-electron chi connectivity index (χ4n) is 2.57. The van der Waals surface area contributed by atoms with Gasteiger partial charge in [0, 0.05) is 17.3 Å². The summed E-state index contributed by atoms with van der Waals surface area (Å²) in [7, 11) is 0. The van der Waals surface area contributed by atoms with E-state index in [-0.39, 0.29) is 6.61 Å². The Morgan fingerprint density at radius 3 is 2.74 bits per heavy atom. The fourth-order valence-corrected chi connectivity index (χ4v) is 2.57. The van der Waals surface area contributed by atoms with Crippen molar-refractivity contribution >= 4 is 11.7 Å². The molecule has 0 aliphatic carbocycles. The van der Waals surface area contributed by atoms with Crippen LogP contribution in [0.25, 0.3) is 22.6 Å². The highest BCUT2D eigenvalue weighted by molar-refractivity contribution is 5.71. The van der Waals surface area contributed by atoms with Crippen LogP contribution < -0.4 is 10.1 Å². The summed E-state index contributed by atoms with van der Waals surface area (Å²) in [5.41, 5.74) is 2.34. The third-order valence-electron chi connectivity index (χ3n) is 3.79. The lowest BCUT2D eigenvalue weighted by molar-refractivity contribution is 0.368. The standard InChI is InChI=1S/C20H14N4O3/c21-8-9-25-17-10-15(6-7-16(17)19-11-22-13-26-19)24-20-23-12-18(27-20)14-4-2-1-3-5-14/h1-7,10-13H,9H2,(H,23,24). The molecule has 2 heterocycles. The van der Waals surface area contributed by atoms with Gasteiger partial charge < -0.3 is 18.9 Å². The van der Waals surface area contributed by atoms with E-state index in [4.69, 9.17) is 18.8 Å². The quantitative estimate of drug-likeness (QED) is 0.536. The summed E-state index contributed by atoms with van der Waals surface area (Å²) in [6, 6.07) is 17.4. The Labute approximate surface area is 154 Å². The molecule has 2 aromatic carbocycles. The summed E-state index contributed by atoms with van der Waals surface area (Å²) in [4.78, 5) is 8.17. The zero-order valence-corrected chi connectivity index (χ0v) is 14.1. The molecule has 0 unspecified atom stereocenters. The normalized spacial score (nSPS) is 10.3. The van der Waals surface area contributed by atoms with Gasteiger partial charge in [0.2, 0.25) is 0 Å². The summed E-state index contributed by atoms with van der Waals surface area (Å²) < 4.78 is 16.6. The van der Waals surface area contributed by atoms with E-state index in [2.05, 4.69) is 15.3 Å². The minimum Gasteiger partial charge on any atom is -0.478 e. The van der Waals surface area contributed by atoms with Crippen LogP contribution >= 0.6 is 0 Å². The van der Waals surface area contributed by atoms with Gasteiger partial charge >= 0.3 is 0 Å². The second-order valence-electron chi connectivity index (χ2n) is 5.54. The molecule has 132 valence electrons. The molecule has 0 saturated carbocycles. The molecule has 0 aliphatic rings. The van der Waals surface area contributed by atoms with E-state index in [1.54, 1.807) is 18.5 Å². The highest BCUT2D eigenvalue weighted by Crippen LogP contribution is 2.34. The molecule has 0 fully saturated rings. The lowest BCUT2D eigenvalue weighted by Gasteiger charge is -2.10. The van der Waals surface area contributed by atoms with Crippen LogP contribution in [-0.2, 0) is 0 Å². The molecule has 2 aromatic heterocycles. The Morgan fingerprint density at radius 2 is 1.96 bits per heavy atom. The highest BCUT2D eigenvalue weighted by atomic mass is 16.5. The van der Waals surface area contributed by atoms with E-state index < -0.39 is 0 Å². The van der Waals surface area contributed by atoms with Crippen LogP contribution in [0.4, 0.5) is 11.7 Å². The van der Waals surface area contributed by atoms with Gasteiger partial charge in [-0.15, -0.1) is 0 Å². The summed E-state index contributed by atoms with van der Waals surface area (Å²) in [5.74, 6) is 1.71. The molecule has 7 nitrogen and oxygen atoms in total. The topological polar surface area (TPSA) is 97.1 Å². The van der Waals surface area contributed by atoms with Crippen LogP contribution in [0, 0.1) is 11.3 Å². The second kappa shape index (κ2) is 7.45.